The Balaban J connectivity index is 2.89. The summed E-state index contributed by atoms with van der Waals surface area (Å²) in [5.74, 6) is -0.378. The zero-order valence-electron chi connectivity index (χ0n) is 8.07. The average molecular weight is 191 g/mol. The van der Waals surface area contributed by atoms with Crippen LogP contribution in [-0.2, 0) is 9.53 Å². The van der Waals surface area contributed by atoms with E-state index in [4.69, 9.17) is 5.73 Å². The molecule has 0 saturated heterocycles. The molecule has 0 aromatic heterocycles. The van der Waals surface area contributed by atoms with Crippen molar-refractivity contribution in [2.24, 2.45) is 5.73 Å². The maximum absolute atomic E-state index is 11.2. The van der Waals surface area contributed by atoms with Crippen LogP contribution in [0, 0.1) is 0 Å². The van der Waals surface area contributed by atoms with Gasteiger partial charge in [0.1, 0.15) is 0 Å². The second kappa shape index (κ2) is 5.19. The number of hydrogen-bond acceptors (Lipinski definition) is 3. The number of rotatable bonds is 3. The van der Waals surface area contributed by atoms with Crippen molar-refractivity contribution in [2.75, 3.05) is 13.7 Å². The van der Waals surface area contributed by atoms with Crippen molar-refractivity contribution in [2.45, 2.75) is 0 Å². The van der Waals surface area contributed by atoms with Crippen LogP contribution < -0.4 is 5.73 Å². The van der Waals surface area contributed by atoms with Crippen LogP contribution in [0.15, 0.2) is 35.9 Å². The Bertz CT molecular complexity index is 330. The van der Waals surface area contributed by atoms with Crippen LogP contribution >= 0.6 is 0 Å². The van der Waals surface area contributed by atoms with Gasteiger partial charge in [-0.25, -0.2) is 4.79 Å². The van der Waals surface area contributed by atoms with Gasteiger partial charge in [-0.2, -0.15) is 0 Å². The normalized spacial score (nSPS) is 11.1. The van der Waals surface area contributed by atoms with Gasteiger partial charge in [0.15, 0.2) is 0 Å². The number of benzene rings is 1. The Morgan fingerprint density at radius 3 is 2.57 bits per heavy atom. The highest BCUT2D eigenvalue weighted by molar-refractivity contribution is 5.94. The van der Waals surface area contributed by atoms with Crippen molar-refractivity contribution in [3.05, 3.63) is 41.5 Å². The van der Waals surface area contributed by atoms with E-state index in [1.54, 1.807) is 6.08 Å². The van der Waals surface area contributed by atoms with Gasteiger partial charge in [0, 0.05) is 6.54 Å². The van der Waals surface area contributed by atoms with E-state index in [1.165, 1.54) is 7.11 Å². The van der Waals surface area contributed by atoms with Crippen LogP contribution in [0.25, 0.3) is 6.08 Å². The molecule has 0 radical (unpaired) electrons. The Kier molecular flexibility index (Phi) is 3.88. The highest BCUT2D eigenvalue weighted by atomic mass is 16.5. The first kappa shape index (κ1) is 10.5. The summed E-state index contributed by atoms with van der Waals surface area (Å²) in [6, 6.07) is 9.52. The van der Waals surface area contributed by atoms with Crippen LogP contribution in [0.1, 0.15) is 5.56 Å². The minimum absolute atomic E-state index is 0.182. The minimum atomic E-state index is -0.378. The SMILES string of the molecule is COC(=O)C(=Cc1ccccc1)CN. The predicted octanol–water partition coefficient (Wildman–Crippen LogP) is 1.20. The minimum Gasteiger partial charge on any atom is -0.466 e. The van der Waals surface area contributed by atoms with Crippen molar-refractivity contribution >= 4 is 12.0 Å². The van der Waals surface area contributed by atoms with Crippen molar-refractivity contribution in [3.8, 4) is 0 Å². The lowest BCUT2D eigenvalue weighted by Gasteiger charge is -2.01. The van der Waals surface area contributed by atoms with E-state index in [0.29, 0.717) is 5.57 Å². The molecular formula is C11H13NO2. The first-order valence-electron chi connectivity index (χ1n) is 4.32. The standard InChI is InChI=1S/C11H13NO2/c1-14-11(13)10(8-12)7-9-5-3-2-4-6-9/h2-7H,8,12H2,1H3. The molecule has 14 heavy (non-hydrogen) atoms. The van der Waals surface area contributed by atoms with Gasteiger partial charge >= 0.3 is 5.97 Å². The molecule has 74 valence electrons. The molecule has 0 fully saturated rings. The molecule has 0 aliphatic heterocycles. The van der Waals surface area contributed by atoms with Gasteiger partial charge in [-0.05, 0) is 11.6 Å². The van der Waals surface area contributed by atoms with E-state index in [0.717, 1.165) is 5.56 Å². The van der Waals surface area contributed by atoms with Crippen LogP contribution in [-0.4, -0.2) is 19.6 Å². The predicted molar refractivity (Wildman–Crippen MR) is 55.5 cm³/mol. The average Bonchev–Trinajstić information content (AvgIpc) is 2.26. The summed E-state index contributed by atoms with van der Waals surface area (Å²) in [4.78, 5) is 11.2. The third-order valence-electron chi connectivity index (χ3n) is 1.81. The van der Waals surface area contributed by atoms with Gasteiger partial charge in [-0.1, -0.05) is 30.3 Å². The van der Waals surface area contributed by atoms with Crippen molar-refractivity contribution < 1.29 is 9.53 Å². The molecule has 3 heteroatoms. The fourth-order valence-corrected chi connectivity index (χ4v) is 1.08. The van der Waals surface area contributed by atoms with Gasteiger partial charge in [0.25, 0.3) is 0 Å². The maximum atomic E-state index is 11.2. The molecule has 0 heterocycles. The highest BCUT2D eigenvalue weighted by Gasteiger charge is 2.06. The quantitative estimate of drug-likeness (QED) is 0.577. The summed E-state index contributed by atoms with van der Waals surface area (Å²) >= 11 is 0. The molecule has 1 aromatic carbocycles. The van der Waals surface area contributed by atoms with E-state index < -0.39 is 0 Å². The van der Waals surface area contributed by atoms with E-state index in [1.807, 2.05) is 30.3 Å². The Morgan fingerprint density at radius 1 is 1.43 bits per heavy atom. The lowest BCUT2D eigenvalue weighted by atomic mass is 10.1. The van der Waals surface area contributed by atoms with E-state index in [9.17, 15) is 4.79 Å². The summed E-state index contributed by atoms with van der Waals surface area (Å²) in [6.45, 7) is 0.182. The zero-order valence-corrected chi connectivity index (χ0v) is 8.07. The van der Waals surface area contributed by atoms with E-state index in [-0.39, 0.29) is 12.5 Å². The Hall–Kier alpha value is -1.61. The molecule has 0 aliphatic rings. The van der Waals surface area contributed by atoms with E-state index in [2.05, 4.69) is 4.74 Å². The molecule has 0 amide bonds. The third kappa shape index (κ3) is 2.71. The van der Waals surface area contributed by atoms with Gasteiger partial charge in [0.2, 0.25) is 0 Å². The summed E-state index contributed by atoms with van der Waals surface area (Å²) < 4.78 is 4.59. The van der Waals surface area contributed by atoms with E-state index >= 15 is 0 Å². The Morgan fingerprint density at radius 2 is 2.07 bits per heavy atom. The number of ether oxygens (including phenoxy) is 1. The van der Waals surface area contributed by atoms with Crippen molar-refractivity contribution in [1.29, 1.82) is 0 Å². The number of esters is 1. The second-order valence-corrected chi connectivity index (χ2v) is 2.78. The number of methoxy groups -OCH3 is 1. The highest BCUT2D eigenvalue weighted by Crippen LogP contribution is 2.06. The number of hydrogen-bond donors (Lipinski definition) is 1. The Labute approximate surface area is 83.2 Å². The lowest BCUT2D eigenvalue weighted by Crippen LogP contribution is -2.13. The second-order valence-electron chi connectivity index (χ2n) is 2.78. The van der Waals surface area contributed by atoms with Gasteiger partial charge < -0.3 is 10.5 Å². The molecule has 0 aliphatic carbocycles. The van der Waals surface area contributed by atoms with Crippen LogP contribution in [0.3, 0.4) is 0 Å². The number of carbonyl (C=O) groups excluding carboxylic acids is 1. The van der Waals surface area contributed by atoms with Crippen molar-refractivity contribution in [3.63, 3.8) is 0 Å². The molecule has 0 spiro atoms. The third-order valence-corrected chi connectivity index (χ3v) is 1.81. The van der Waals surface area contributed by atoms with Gasteiger partial charge in [0.05, 0.1) is 12.7 Å². The monoisotopic (exact) mass is 191 g/mol. The molecule has 1 rings (SSSR count). The first-order valence-corrected chi connectivity index (χ1v) is 4.32. The van der Waals surface area contributed by atoms with Crippen molar-refractivity contribution in [1.82, 2.24) is 0 Å². The summed E-state index contributed by atoms with van der Waals surface area (Å²) in [7, 11) is 1.34. The molecule has 0 bridgehead atoms. The fraction of sp³-hybridized carbons (Fsp3) is 0.182. The number of carbonyl (C=O) groups is 1. The summed E-state index contributed by atoms with van der Waals surface area (Å²) in [6.07, 6.45) is 1.73. The topological polar surface area (TPSA) is 52.3 Å². The van der Waals surface area contributed by atoms with Crippen LogP contribution in [0.4, 0.5) is 0 Å². The molecule has 3 nitrogen and oxygen atoms in total. The first-order chi connectivity index (χ1) is 6.77. The largest absolute Gasteiger partial charge is 0.466 e. The van der Waals surface area contributed by atoms with Gasteiger partial charge in [-0.3, -0.25) is 0 Å². The van der Waals surface area contributed by atoms with Crippen LogP contribution in [0.5, 0.6) is 0 Å². The number of nitrogens with two attached hydrogens (primary N) is 1. The molecule has 2 N–H and O–H groups in total. The molecule has 0 saturated carbocycles. The maximum Gasteiger partial charge on any atom is 0.335 e. The fourth-order valence-electron chi connectivity index (χ4n) is 1.08. The smallest absolute Gasteiger partial charge is 0.335 e. The van der Waals surface area contributed by atoms with Crippen LogP contribution in [0.2, 0.25) is 0 Å². The lowest BCUT2D eigenvalue weighted by molar-refractivity contribution is -0.136. The molecule has 0 unspecified atom stereocenters. The zero-order chi connectivity index (χ0) is 10.4. The summed E-state index contributed by atoms with van der Waals surface area (Å²) in [5, 5.41) is 0. The van der Waals surface area contributed by atoms with Gasteiger partial charge in [-0.15, -0.1) is 0 Å². The molecule has 1 aromatic rings. The molecular weight excluding hydrogens is 178 g/mol. The molecule has 0 atom stereocenters. The summed E-state index contributed by atoms with van der Waals surface area (Å²) in [5.41, 5.74) is 6.84.